The number of carbonyl (C=O) groups excluding carboxylic acids is 1. The van der Waals surface area contributed by atoms with Crippen LogP contribution in [-0.2, 0) is 0 Å². The number of hydrogen-bond donors (Lipinski definition) is 1. The summed E-state index contributed by atoms with van der Waals surface area (Å²) in [6, 6.07) is 3.45. The molecule has 0 aromatic carbocycles. The molecule has 1 N–H and O–H groups in total. The Morgan fingerprint density at radius 1 is 1.69 bits per heavy atom. The zero-order chi connectivity index (χ0) is 11.5. The topological polar surface area (TPSA) is 45.5 Å². The molecule has 1 aromatic heterocycles. The SMILES string of the molecule is CNCC1CCN(C(=O)c2ccc(Br)o2)C1. The maximum absolute atomic E-state index is 12.0. The van der Waals surface area contributed by atoms with E-state index in [1.165, 1.54) is 0 Å². The van der Waals surface area contributed by atoms with E-state index in [4.69, 9.17) is 4.42 Å². The van der Waals surface area contributed by atoms with Crippen molar-refractivity contribution in [1.29, 1.82) is 0 Å². The highest BCUT2D eigenvalue weighted by atomic mass is 79.9. The Bertz CT molecular complexity index is 378. The molecule has 0 bridgehead atoms. The lowest BCUT2D eigenvalue weighted by atomic mass is 10.1. The Kier molecular flexibility index (Phi) is 3.66. The number of likely N-dealkylation sites (tertiary alicyclic amines) is 1. The van der Waals surface area contributed by atoms with E-state index < -0.39 is 0 Å². The largest absolute Gasteiger partial charge is 0.444 e. The van der Waals surface area contributed by atoms with E-state index in [-0.39, 0.29) is 5.91 Å². The summed E-state index contributed by atoms with van der Waals surface area (Å²) in [6.07, 6.45) is 1.06. The van der Waals surface area contributed by atoms with Crippen molar-refractivity contribution in [2.24, 2.45) is 5.92 Å². The fraction of sp³-hybridized carbons (Fsp3) is 0.545. The van der Waals surface area contributed by atoms with Crippen molar-refractivity contribution in [2.45, 2.75) is 6.42 Å². The van der Waals surface area contributed by atoms with Crippen LogP contribution in [0.25, 0.3) is 0 Å². The predicted octanol–water partition coefficient (Wildman–Crippen LogP) is 1.72. The van der Waals surface area contributed by atoms with Crippen LogP contribution in [0.1, 0.15) is 17.0 Å². The molecule has 0 spiro atoms. The van der Waals surface area contributed by atoms with Gasteiger partial charge in [-0.05, 0) is 54.0 Å². The van der Waals surface area contributed by atoms with E-state index in [1.807, 2.05) is 11.9 Å². The van der Waals surface area contributed by atoms with Crippen molar-refractivity contribution in [3.05, 3.63) is 22.6 Å². The molecule has 1 aliphatic heterocycles. The number of halogens is 1. The predicted molar refractivity (Wildman–Crippen MR) is 64.3 cm³/mol. The third-order valence-electron chi connectivity index (χ3n) is 2.85. The fourth-order valence-electron chi connectivity index (χ4n) is 2.06. The number of hydrogen-bond acceptors (Lipinski definition) is 3. The summed E-state index contributed by atoms with van der Waals surface area (Å²) < 4.78 is 5.86. The first-order valence-electron chi connectivity index (χ1n) is 5.40. The highest BCUT2D eigenvalue weighted by Crippen LogP contribution is 2.20. The molecule has 5 heteroatoms. The number of furan rings is 1. The van der Waals surface area contributed by atoms with Gasteiger partial charge < -0.3 is 14.6 Å². The first-order chi connectivity index (χ1) is 7.70. The first-order valence-corrected chi connectivity index (χ1v) is 6.19. The third kappa shape index (κ3) is 2.47. The number of nitrogens with one attached hydrogen (secondary N) is 1. The molecule has 0 aliphatic carbocycles. The lowest BCUT2D eigenvalue weighted by Crippen LogP contribution is -2.30. The van der Waals surface area contributed by atoms with Crippen molar-refractivity contribution in [1.82, 2.24) is 10.2 Å². The van der Waals surface area contributed by atoms with Gasteiger partial charge in [0, 0.05) is 13.1 Å². The van der Waals surface area contributed by atoms with Gasteiger partial charge >= 0.3 is 0 Å². The van der Waals surface area contributed by atoms with Crippen LogP contribution in [0, 0.1) is 5.92 Å². The van der Waals surface area contributed by atoms with E-state index in [9.17, 15) is 4.79 Å². The van der Waals surface area contributed by atoms with Crippen molar-refractivity contribution in [3.63, 3.8) is 0 Å². The van der Waals surface area contributed by atoms with Crippen molar-refractivity contribution < 1.29 is 9.21 Å². The molecule has 1 aromatic rings. The molecule has 0 radical (unpaired) electrons. The summed E-state index contributed by atoms with van der Waals surface area (Å²) in [7, 11) is 1.94. The molecule has 16 heavy (non-hydrogen) atoms. The van der Waals surface area contributed by atoms with Crippen molar-refractivity contribution >= 4 is 21.8 Å². The maximum Gasteiger partial charge on any atom is 0.289 e. The summed E-state index contributed by atoms with van der Waals surface area (Å²) in [6.45, 7) is 2.60. The van der Waals surface area contributed by atoms with Gasteiger partial charge in [-0.1, -0.05) is 0 Å². The van der Waals surface area contributed by atoms with Gasteiger partial charge in [-0.15, -0.1) is 0 Å². The zero-order valence-corrected chi connectivity index (χ0v) is 10.8. The highest BCUT2D eigenvalue weighted by molar-refractivity contribution is 9.10. The molecular formula is C11H15BrN2O2. The molecule has 0 saturated carbocycles. The van der Waals surface area contributed by atoms with Crippen LogP contribution in [0.5, 0.6) is 0 Å². The molecule has 1 aliphatic rings. The molecule has 1 fully saturated rings. The molecule has 4 nitrogen and oxygen atoms in total. The van der Waals surface area contributed by atoms with Crippen LogP contribution in [0.2, 0.25) is 0 Å². The van der Waals surface area contributed by atoms with Gasteiger partial charge in [0.25, 0.3) is 5.91 Å². The Morgan fingerprint density at radius 3 is 3.12 bits per heavy atom. The van der Waals surface area contributed by atoms with Crippen LogP contribution in [0.3, 0.4) is 0 Å². The normalized spacial score (nSPS) is 20.4. The Hall–Kier alpha value is -0.810. The van der Waals surface area contributed by atoms with Gasteiger partial charge in [0.1, 0.15) is 0 Å². The van der Waals surface area contributed by atoms with Crippen LogP contribution in [0.15, 0.2) is 21.2 Å². The first kappa shape index (κ1) is 11.7. The monoisotopic (exact) mass is 286 g/mol. The van der Waals surface area contributed by atoms with Gasteiger partial charge in [-0.3, -0.25) is 4.79 Å². The fourth-order valence-corrected chi connectivity index (χ4v) is 2.36. The summed E-state index contributed by atoms with van der Waals surface area (Å²) in [5, 5.41) is 3.14. The van der Waals surface area contributed by atoms with E-state index in [0.29, 0.717) is 16.3 Å². The molecule has 2 rings (SSSR count). The molecule has 1 amide bonds. The second-order valence-corrected chi connectivity index (χ2v) is 4.85. The molecule has 1 unspecified atom stereocenters. The Morgan fingerprint density at radius 2 is 2.50 bits per heavy atom. The average molecular weight is 287 g/mol. The minimum Gasteiger partial charge on any atom is -0.444 e. The minimum atomic E-state index is -0.00990. The Balaban J connectivity index is 1.97. The van der Waals surface area contributed by atoms with E-state index in [2.05, 4.69) is 21.2 Å². The average Bonchev–Trinajstić information content (AvgIpc) is 2.87. The van der Waals surface area contributed by atoms with Gasteiger partial charge in [0.05, 0.1) is 0 Å². The van der Waals surface area contributed by atoms with Gasteiger partial charge in [-0.25, -0.2) is 0 Å². The molecular weight excluding hydrogens is 272 g/mol. The summed E-state index contributed by atoms with van der Waals surface area (Å²) >= 11 is 3.20. The maximum atomic E-state index is 12.0. The second kappa shape index (κ2) is 5.01. The number of amides is 1. The van der Waals surface area contributed by atoms with Crippen LogP contribution >= 0.6 is 15.9 Å². The third-order valence-corrected chi connectivity index (χ3v) is 3.28. The number of rotatable bonds is 3. The van der Waals surface area contributed by atoms with Crippen molar-refractivity contribution in [2.75, 3.05) is 26.7 Å². The second-order valence-electron chi connectivity index (χ2n) is 4.07. The summed E-state index contributed by atoms with van der Waals surface area (Å²) in [4.78, 5) is 13.9. The van der Waals surface area contributed by atoms with Crippen LogP contribution in [-0.4, -0.2) is 37.5 Å². The van der Waals surface area contributed by atoms with Crippen molar-refractivity contribution in [3.8, 4) is 0 Å². The quantitative estimate of drug-likeness (QED) is 0.920. The number of carbonyl (C=O) groups is 1. The van der Waals surface area contributed by atoms with E-state index >= 15 is 0 Å². The van der Waals surface area contributed by atoms with Gasteiger partial charge in [0.2, 0.25) is 0 Å². The minimum absolute atomic E-state index is 0.00990. The zero-order valence-electron chi connectivity index (χ0n) is 9.20. The van der Waals surface area contributed by atoms with E-state index in [0.717, 1.165) is 26.1 Å². The molecule has 88 valence electrons. The van der Waals surface area contributed by atoms with Gasteiger partial charge in [0.15, 0.2) is 10.4 Å². The number of nitrogens with zero attached hydrogens (tertiary/aromatic N) is 1. The molecule has 1 saturated heterocycles. The smallest absolute Gasteiger partial charge is 0.289 e. The molecule has 2 heterocycles. The van der Waals surface area contributed by atoms with Crippen LogP contribution in [0.4, 0.5) is 0 Å². The van der Waals surface area contributed by atoms with Gasteiger partial charge in [-0.2, -0.15) is 0 Å². The standard InChI is InChI=1S/C11H15BrN2O2/c1-13-6-8-4-5-14(7-8)11(15)9-2-3-10(12)16-9/h2-3,8,13H,4-7H2,1H3. The lowest BCUT2D eigenvalue weighted by Gasteiger charge is -2.14. The summed E-state index contributed by atoms with van der Waals surface area (Å²) in [5.41, 5.74) is 0. The van der Waals surface area contributed by atoms with E-state index in [1.54, 1.807) is 12.1 Å². The Labute approximate surface area is 103 Å². The molecule has 1 atom stereocenters. The lowest BCUT2D eigenvalue weighted by molar-refractivity contribution is 0.0754. The highest BCUT2D eigenvalue weighted by Gasteiger charge is 2.27. The summed E-state index contributed by atoms with van der Waals surface area (Å²) in [5.74, 6) is 0.966. The van der Waals surface area contributed by atoms with Crippen LogP contribution < -0.4 is 5.32 Å².